The molecular formula is C27H23F2N5O. The van der Waals surface area contributed by atoms with E-state index in [0.717, 1.165) is 33.5 Å². The molecule has 2 aliphatic rings. The van der Waals surface area contributed by atoms with E-state index in [1.54, 1.807) is 12.4 Å². The van der Waals surface area contributed by atoms with E-state index in [9.17, 15) is 13.6 Å². The normalized spacial score (nSPS) is 18.6. The topological polar surface area (TPSA) is 83.6 Å². The predicted molar refractivity (Wildman–Crippen MR) is 128 cm³/mol. The van der Waals surface area contributed by atoms with Gasteiger partial charge in [-0.1, -0.05) is 24.3 Å². The van der Waals surface area contributed by atoms with Crippen LogP contribution in [0.2, 0.25) is 0 Å². The lowest BCUT2D eigenvalue weighted by Crippen LogP contribution is -2.42. The second-order valence-corrected chi connectivity index (χ2v) is 9.41. The number of alkyl halides is 2. The van der Waals surface area contributed by atoms with Crippen LogP contribution in [0.5, 0.6) is 0 Å². The van der Waals surface area contributed by atoms with Crippen molar-refractivity contribution in [2.24, 2.45) is 11.8 Å². The van der Waals surface area contributed by atoms with E-state index in [1.807, 2.05) is 54.7 Å². The fourth-order valence-corrected chi connectivity index (χ4v) is 5.02. The van der Waals surface area contributed by atoms with E-state index in [2.05, 4.69) is 25.5 Å². The Morgan fingerprint density at radius 2 is 1.71 bits per heavy atom. The summed E-state index contributed by atoms with van der Waals surface area (Å²) in [5, 5.41) is 10.1. The molecule has 1 saturated carbocycles. The van der Waals surface area contributed by atoms with Gasteiger partial charge < -0.3 is 5.32 Å². The third-order valence-electron chi connectivity index (χ3n) is 6.94. The number of nitrogens with zero attached hydrogens (tertiary/aromatic N) is 3. The molecule has 2 aliphatic carbocycles. The van der Waals surface area contributed by atoms with Crippen LogP contribution < -0.4 is 5.32 Å². The summed E-state index contributed by atoms with van der Waals surface area (Å²) in [4.78, 5) is 21.8. The Bertz CT molecular complexity index is 1380. The molecule has 8 heteroatoms. The number of hydrogen-bond acceptors (Lipinski definition) is 5. The van der Waals surface area contributed by atoms with Crippen LogP contribution in [-0.2, 0) is 17.6 Å². The first-order chi connectivity index (χ1) is 16.9. The number of carbonyl (C=O) groups excluding carboxylic acids is 1. The number of fused-ring (bicyclic) bond motifs is 1. The molecule has 0 bridgehead atoms. The van der Waals surface area contributed by atoms with Crippen LogP contribution in [0, 0.1) is 11.8 Å². The molecule has 1 fully saturated rings. The van der Waals surface area contributed by atoms with Gasteiger partial charge in [-0.15, -0.1) is 0 Å². The van der Waals surface area contributed by atoms with Crippen LogP contribution in [0.3, 0.4) is 0 Å². The Kier molecular flexibility index (Phi) is 5.16. The maximum atomic E-state index is 13.2. The fourth-order valence-electron chi connectivity index (χ4n) is 5.02. The van der Waals surface area contributed by atoms with E-state index >= 15 is 0 Å². The van der Waals surface area contributed by atoms with E-state index in [1.165, 1.54) is 0 Å². The molecule has 0 amide bonds. The number of aromatic nitrogens is 4. The maximum absolute atomic E-state index is 13.2. The lowest BCUT2D eigenvalue weighted by atomic mass is 9.74. The van der Waals surface area contributed by atoms with Gasteiger partial charge in [0.25, 0.3) is 0 Å². The van der Waals surface area contributed by atoms with E-state index in [0.29, 0.717) is 24.5 Å². The zero-order valence-corrected chi connectivity index (χ0v) is 18.8. The maximum Gasteiger partial charge on any atom is 0.249 e. The number of nitrogens with one attached hydrogen (secondary N) is 2. The van der Waals surface area contributed by atoms with Gasteiger partial charge in [0, 0.05) is 53.9 Å². The number of H-pyrrole nitrogens is 1. The first-order valence-electron chi connectivity index (χ1n) is 11.7. The Labute approximate surface area is 200 Å². The van der Waals surface area contributed by atoms with Crippen molar-refractivity contribution in [3.8, 4) is 22.5 Å². The van der Waals surface area contributed by atoms with Gasteiger partial charge in [-0.25, -0.2) is 18.7 Å². The molecule has 1 atom stereocenters. The van der Waals surface area contributed by atoms with Gasteiger partial charge in [-0.2, -0.15) is 5.10 Å². The molecule has 2 N–H and O–H groups in total. The molecular weight excluding hydrogens is 448 g/mol. The highest BCUT2D eigenvalue weighted by atomic mass is 19.3. The van der Waals surface area contributed by atoms with Crippen molar-refractivity contribution < 1.29 is 13.6 Å². The molecule has 176 valence electrons. The first kappa shape index (κ1) is 21.6. The summed E-state index contributed by atoms with van der Waals surface area (Å²) >= 11 is 0. The highest BCUT2D eigenvalue weighted by Crippen LogP contribution is 2.45. The summed E-state index contributed by atoms with van der Waals surface area (Å²) < 4.78 is 26.4. The van der Waals surface area contributed by atoms with Crippen molar-refractivity contribution in [2.45, 2.75) is 31.6 Å². The van der Waals surface area contributed by atoms with Crippen molar-refractivity contribution in [1.82, 2.24) is 20.2 Å². The quantitative estimate of drug-likeness (QED) is 0.382. The molecule has 2 heterocycles. The molecule has 4 aromatic rings. The van der Waals surface area contributed by atoms with Crippen LogP contribution in [-0.4, -0.2) is 31.9 Å². The van der Waals surface area contributed by atoms with Gasteiger partial charge in [-0.05, 0) is 53.8 Å². The summed E-state index contributed by atoms with van der Waals surface area (Å²) in [7, 11) is 0. The van der Waals surface area contributed by atoms with Gasteiger partial charge in [-0.3, -0.25) is 9.89 Å². The Hall–Kier alpha value is -3.94. The molecule has 0 saturated heterocycles. The van der Waals surface area contributed by atoms with E-state index in [4.69, 9.17) is 0 Å². The average Bonchev–Trinajstić information content (AvgIpc) is 3.52. The standard InChI is InChI=1S/C27H23F2N5O/c28-27(29)12-21(13-27)25(35)20-9-17-1-2-18(10-19(17)11-20)26-30-8-7-24(34-26)33-23-5-3-16(4-6-23)22-14-31-32-15-22/h1-8,10,14-15,20-21H,9,11-13H2,(H,31,32)(H,30,33,34). The number of Topliss-reactive ketones (excluding diaryl/α,β-unsaturated/α-hetero) is 1. The van der Waals surface area contributed by atoms with Crippen molar-refractivity contribution in [3.63, 3.8) is 0 Å². The van der Waals surface area contributed by atoms with Crippen LogP contribution in [0.25, 0.3) is 22.5 Å². The van der Waals surface area contributed by atoms with Crippen LogP contribution in [0.4, 0.5) is 20.3 Å². The van der Waals surface area contributed by atoms with Crippen molar-refractivity contribution in [1.29, 1.82) is 0 Å². The lowest BCUT2D eigenvalue weighted by molar-refractivity contribution is -0.151. The minimum atomic E-state index is -2.67. The smallest absolute Gasteiger partial charge is 0.249 e. The number of benzene rings is 2. The van der Waals surface area contributed by atoms with Gasteiger partial charge in [0.2, 0.25) is 5.92 Å². The van der Waals surface area contributed by atoms with Gasteiger partial charge in [0.1, 0.15) is 11.6 Å². The van der Waals surface area contributed by atoms with Crippen molar-refractivity contribution in [3.05, 3.63) is 78.2 Å². The van der Waals surface area contributed by atoms with Crippen LogP contribution in [0.15, 0.2) is 67.1 Å². The molecule has 0 spiro atoms. The third kappa shape index (κ3) is 4.32. The molecule has 2 aromatic carbocycles. The molecule has 6 nitrogen and oxygen atoms in total. The lowest BCUT2D eigenvalue weighted by Gasteiger charge is -2.35. The summed E-state index contributed by atoms with van der Waals surface area (Å²) in [6.45, 7) is 0. The van der Waals surface area contributed by atoms with Crippen LogP contribution >= 0.6 is 0 Å². The highest BCUT2D eigenvalue weighted by molar-refractivity contribution is 5.86. The third-order valence-corrected chi connectivity index (χ3v) is 6.94. The Morgan fingerprint density at radius 1 is 0.943 bits per heavy atom. The number of rotatable bonds is 6. The largest absolute Gasteiger partial charge is 0.340 e. The fraction of sp³-hybridized carbons (Fsp3) is 0.259. The SMILES string of the molecule is O=C(C1Cc2ccc(-c3nccc(Nc4ccc(-c5cn[nH]c5)cc4)n3)cc2C1)C1CC(F)(F)C1. The predicted octanol–water partition coefficient (Wildman–Crippen LogP) is 5.61. The minimum Gasteiger partial charge on any atom is -0.340 e. The van der Waals surface area contributed by atoms with Crippen LogP contribution in [0.1, 0.15) is 24.0 Å². The minimum absolute atomic E-state index is 0.0186. The Morgan fingerprint density at radius 3 is 2.46 bits per heavy atom. The number of halogens is 2. The first-order valence-corrected chi connectivity index (χ1v) is 11.7. The molecule has 35 heavy (non-hydrogen) atoms. The number of carbonyl (C=O) groups is 1. The molecule has 0 aliphatic heterocycles. The zero-order chi connectivity index (χ0) is 24.0. The second kappa shape index (κ2) is 8.37. The Balaban J connectivity index is 1.15. The summed E-state index contributed by atoms with van der Waals surface area (Å²) in [6.07, 6.45) is 5.94. The van der Waals surface area contributed by atoms with Gasteiger partial charge in [0.15, 0.2) is 5.82 Å². The van der Waals surface area contributed by atoms with E-state index < -0.39 is 11.8 Å². The summed E-state index contributed by atoms with van der Waals surface area (Å²) in [5.74, 6) is -2.14. The second-order valence-electron chi connectivity index (χ2n) is 9.41. The number of anilines is 2. The van der Waals surface area contributed by atoms with Crippen molar-refractivity contribution >= 4 is 17.3 Å². The highest BCUT2D eigenvalue weighted by Gasteiger charge is 2.50. The van der Waals surface area contributed by atoms with Gasteiger partial charge >= 0.3 is 0 Å². The van der Waals surface area contributed by atoms with Crippen molar-refractivity contribution in [2.75, 3.05) is 5.32 Å². The summed E-state index contributed by atoms with van der Waals surface area (Å²) in [6, 6.07) is 15.8. The molecule has 1 unspecified atom stereocenters. The van der Waals surface area contributed by atoms with Gasteiger partial charge in [0.05, 0.1) is 6.20 Å². The average molecular weight is 472 g/mol. The molecule has 2 aromatic heterocycles. The number of hydrogen-bond donors (Lipinski definition) is 2. The molecule has 0 radical (unpaired) electrons. The zero-order valence-electron chi connectivity index (χ0n) is 18.8. The number of ketones is 1. The monoisotopic (exact) mass is 471 g/mol. The number of aromatic amines is 1. The summed E-state index contributed by atoms with van der Waals surface area (Å²) in [5.41, 5.74) is 6.03. The van der Waals surface area contributed by atoms with E-state index in [-0.39, 0.29) is 24.5 Å². The molecule has 6 rings (SSSR count).